The van der Waals surface area contributed by atoms with Gasteiger partial charge in [0.25, 0.3) is 0 Å². The average Bonchev–Trinajstić information content (AvgIpc) is 1.55. The molecule has 1 atom stereocenters. The first-order valence-corrected chi connectivity index (χ1v) is 36.4. The number of benzene rings is 16. The van der Waals surface area contributed by atoms with Gasteiger partial charge in [0.15, 0.2) is 0 Å². The lowest BCUT2D eigenvalue weighted by molar-refractivity contribution is 0.668. The Kier molecular flexibility index (Phi) is 12.7. The summed E-state index contributed by atoms with van der Waals surface area (Å²) in [5.41, 5.74) is 26.5. The SMILES string of the molecule is c1ccc(N(c2ccc3c(c2)oc2ccccc23)c2cc(-c3ccc4c(c3)-c3ccccc3C4(c3ccccc3)c3ccc4sc5cccc(N(c6ccccc6)c6ccc7c(c6)oc6ccccc67)c5c4c3)cc3oc4ccc(C5(c6ccccc6)c6ccccc6-c6ccccc65)cc4c23)cc1. The van der Waals surface area contributed by atoms with Crippen molar-refractivity contribution in [2.45, 2.75) is 10.8 Å². The maximum absolute atomic E-state index is 7.39. The molecule has 0 amide bonds. The van der Waals surface area contributed by atoms with E-state index >= 15 is 0 Å². The van der Waals surface area contributed by atoms with Crippen LogP contribution in [0.3, 0.4) is 0 Å². The number of anilines is 6. The third-order valence-corrected chi connectivity index (χ3v) is 23.5. The highest BCUT2D eigenvalue weighted by atomic mass is 32.1. The summed E-state index contributed by atoms with van der Waals surface area (Å²) in [6.45, 7) is 0. The molecule has 4 heterocycles. The number of hydrogen-bond acceptors (Lipinski definition) is 6. The van der Waals surface area contributed by atoms with E-state index in [0.717, 1.165) is 111 Å². The molecule has 1 unspecified atom stereocenters. The van der Waals surface area contributed by atoms with Crippen molar-refractivity contribution in [2.24, 2.45) is 0 Å². The van der Waals surface area contributed by atoms with E-state index in [9.17, 15) is 0 Å². The van der Waals surface area contributed by atoms with Crippen LogP contribution in [-0.2, 0) is 10.8 Å². The third kappa shape index (κ3) is 8.43. The minimum absolute atomic E-state index is 0.628. The molecule has 0 aliphatic heterocycles. The number of nitrogens with zero attached hydrogens (tertiary/aromatic N) is 2. The third-order valence-electron chi connectivity index (χ3n) is 22.4. The second-order valence-corrected chi connectivity index (χ2v) is 28.8. The molecule has 0 spiro atoms. The Morgan fingerprint density at radius 1 is 0.221 bits per heavy atom. The number of furan rings is 3. The number of hydrogen-bond donors (Lipinski definition) is 0. The molecule has 0 radical (unpaired) electrons. The Morgan fingerprint density at radius 3 is 1.27 bits per heavy atom. The Labute approximate surface area is 603 Å². The van der Waals surface area contributed by atoms with E-state index < -0.39 is 10.8 Å². The highest BCUT2D eigenvalue weighted by molar-refractivity contribution is 7.26. The van der Waals surface area contributed by atoms with Gasteiger partial charge < -0.3 is 23.1 Å². The van der Waals surface area contributed by atoms with Crippen LogP contribution in [0.1, 0.15) is 44.5 Å². The topological polar surface area (TPSA) is 45.9 Å². The summed E-state index contributed by atoms with van der Waals surface area (Å²) in [5.74, 6) is 0. The summed E-state index contributed by atoms with van der Waals surface area (Å²) < 4.78 is 23.2. The van der Waals surface area contributed by atoms with Crippen molar-refractivity contribution in [1.29, 1.82) is 0 Å². The summed E-state index contributed by atoms with van der Waals surface area (Å²) in [6, 6.07) is 134. The molecule has 0 saturated heterocycles. The molecule has 2 aliphatic rings. The van der Waals surface area contributed by atoms with E-state index in [4.69, 9.17) is 13.3 Å². The molecule has 0 saturated carbocycles. The van der Waals surface area contributed by atoms with Crippen LogP contribution in [0, 0.1) is 0 Å². The minimum atomic E-state index is -0.711. The zero-order chi connectivity index (χ0) is 68.2. The number of rotatable bonds is 11. The van der Waals surface area contributed by atoms with Crippen molar-refractivity contribution >= 4 is 131 Å². The first kappa shape index (κ1) is 58.5. The van der Waals surface area contributed by atoms with Gasteiger partial charge >= 0.3 is 0 Å². The van der Waals surface area contributed by atoms with E-state index in [0.29, 0.717) is 0 Å². The molecule has 0 bridgehead atoms. The van der Waals surface area contributed by atoms with Gasteiger partial charge in [-0.05, 0) is 193 Å². The molecule has 20 aromatic rings. The smallest absolute Gasteiger partial charge is 0.138 e. The average molecular weight is 1350 g/mol. The lowest BCUT2D eigenvalue weighted by Crippen LogP contribution is -2.28. The summed E-state index contributed by atoms with van der Waals surface area (Å²) >= 11 is 1.85. The molecular weight excluding hydrogens is 1290 g/mol. The van der Waals surface area contributed by atoms with Crippen LogP contribution in [-0.4, -0.2) is 0 Å². The van der Waals surface area contributed by atoms with Gasteiger partial charge in [-0.3, -0.25) is 0 Å². The fourth-order valence-electron chi connectivity index (χ4n) is 18.1. The Hall–Kier alpha value is -13.3. The van der Waals surface area contributed by atoms with Crippen LogP contribution >= 0.6 is 11.3 Å². The van der Waals surface area contributed by atoms with E-state index in [1.807, 2.05) is 23.5 Å². The van der Waals surface area contributed by atoms with Crippen LogP contribution in [0.5, 0.6) is 0 Å². The highest BCUT2D eigenvalue weighted by Crippen LogP contribution is 2.60. The maximum Gasteiger partial charge on any atom is 0.138 e. The van der Waals surface area contributed by atoms with Crippen molar-refractivity contribution in [1.82, 2.24) is 0 Å². The van der Waals surface area contributed by atoms with Crippen molar-refractivity contribution in [3.63, 3.8) is 0 Å². The van der Waals surface area contributed by atoms with E-state index in [1.54, 1.807) is 0 Å². The normalized spacial score (nSPS) is 14.3. The largest absolute Gasteiger partial charge is 0.456 e. The zero-order valence-corrected chi connectivity index (χ0v) is 57.0. The molecule has 2 aliphatic carbocycles. The van der Waals surface area contributed by atoms with Gasteiger partial charge in [-0.1, -0.05) is 237 Å². The first-order chi connectivity index (χ1) is 51.5. The van der Waals surface area contributed by atoms with Crippen LogP contribution in [0.25, 0.3) is 119 Å². The van der Waals surface area contributed by atoms with Crippen molar-refractivity contribution in [3.05, 3.63) is 408 Å². The van der Waals surface area contributed by atoms with Crippen molar-refractivity contribution < 1.29 is 13.3 Å². The maximum atomic E-state index is 7.39. The second-order valence-electron chi connectivity index (χ2n) is 27.7. The second kappa shape index (κ2) is 22.6. The fourth-order valence-corrected chi connectivity index (χ4v) is 19.2. The lowest BCUT2D eigenvalue weighted by atomic mass is 9.67. The highest BCUT2D eigenvalue weighted by Gasteiger charge is 2.48. The molecule has 486 valence electrons. The predicted molar refractivity (Wildman–Crippen MR) is 431 cm³/mol. The lowest BCUT2D eigenvalue weighted by Gasteiger charge is -2.34. The molecule has 104 heavy (non-hydrogen) atoms. The molecule has 4 aromatic heterocycles. The molecule has 6 heteroatoms. The van der Waals surface area contributed by atoms with Gasteiger partial charge in [0, 0.05) is 82.0 Å². The molecule has 22 rings (SSSR count). The van der Waals surface area contributed by atoms with Gasteiger partial charge in [-0.15, -0.1) is 11.3 Å². The predicted octanol–water partition coefficient (Wildman–Crippen LogP) is 27.1. The Bertz CT molecular complexity index is 6840. The van der Waals surface area contributed by atoms with Crippen LogP contribution in [0.15, 0.2) is 377 Å². The van der Waals surface area contributed by atoms with Crippen LogP contribution in [0.2, 0.25) is 0 Å². The summed E-state index contributed by atoms with van der Waals surface area (Å²) in [6.07, 6.45) is 0. The molecule has 5 nitrogen and oxygen atoms in total. The first-order valence-electron chi connectivity index (χ1n) is 35.6. The van der Waals surface area contributed by atoms with Gasteiger partial charge in [0.1, 0.15) is 33.5 Å². The standard InChI is InChI=1S/C98H60N2O3S/c1-5-24-63(25-6-1)97(81-37-18-13-32-71(81)72-33-14-19-38-82(72)97)65-45-52-89-79(57-65)95-86(100(68-30-11-4-12-31-68)70-48-50-77-75-36-17-22-42-88(75)102-91(77)60-70)55-62(56-92(95)103-89)61-44-51-84-78(54-61)73-34-15-20-39-83(73)98(84,64-26-7-2-8-27-64)66-46-53-93-80(58-66)96-85(40-23-43-94(96)104-93)99(67-28-9-3-10-29-67)69-47-49-76-74-35-16-21-41-87(74)101-90(76)59-69/h1-60H. The molecular formula is C98H60N2O3S. The molecule has 0 fully saturated rings. The number of fused-ring (bicyclic) bond motifs is 18. The van der Waals surface area contributed by atoms with Gasteiger partial charge in [-0.2, -0.15) is 0 Å². The van der Waals surface area contributed by atoms with Crippen molar-refractivity contribution in [2.75, 3.05) is 9.80 Å². The van der Waals surface area contributed by atoms with E-state index in [2.05, 4.69) is 362 Å². The van der Waals surface area contributed by atoms with E-state index in [-0.39, 0.29) is 0 Å². The van der Waals surface area contributed by atoms with Crippen LogP contribution < -0.4 is 9.80 Å². The number of thiophene rings is 1. The Balaban J connectivity index is 0.762. The summed E-state index contributed by atoms with van der Waals surface area (Å²) in [5, 5.41) is 8.81. The fraction of sp³-hybridized carbons (Fsp3) is 0.0204. The quantitative estimate of drug-likeness (QED) is 0.129. The van der Waals surface area contributed by atoms with Gasteiger partial charge in [0.2, 0.25) is 0 Å². The summed E-state index contributed by atoms with van der Waals surface area (Å²) in [4.78, 5) is 4.81. The zero-order valence-electron chi connectivity index (χ0n) is 56.2. The minimum Gasteiger partial charge on any atom is -0.456 e. The van der Waals surface area contributed by atoms with Crippen molar-refractivity contribution in [3.8, 4) is 33.4 Å². The van der Waals surface area contributed by atoms with E-state index in [1.165, 1.54) is 86.9 Å². The van der Waals surface area contributed by atoms with Gasteiger partial charge in [0.05, 0.1) is 27.6 Å². The molecule has 16 aromatic carbocycles. The van der Waals surface area contributed by atoms with Crippen LogP contribution in [0.4, 0.5) is 34.1 Å². The number of para-hydroxylation sites is 4. The summed E-state index contributed by atoms with van der Waals surface area (Å²) in [7, 11) is 0. The molecule has 0 N–H and O–H groups in total. The van der Waals surface area contributed by atoms with Gasteiger partial charge in [-0.25, -0.2) is 0 Å². The Morgan fingerprint density at radius 2 is 0.683 bits per heavy atom. The monoisotopic (exact) mass is 1340 g/mol.